The van der Waals surface area contributed by atoms with Gasteiger partial charge in [0, 0.05) is 11.5 Å². The molecule has 0 aliphatic heterocycles. The van der Waals surface area contributed by atoms with Crippen molar-refractivity contribution in [2.75, 3.05) is 7.11 Å². The van der Waals surface area contributed by atoms with E-state index in [4.69, 9.17) is 16.2 Å². The van der Waals surface area contributed by atoms with Gasteiger partial charge in [0.05, 0.1) is 7.11 Å². The van der Waals surface area contributed by atoms with Gasteiger partial charge in [-0.15, -0.1) is 0 Å². The van der Waals surface area contributed by atoms with Crippen LogP contribution in [-0.4, -0.2) is 13.0 Å². The molecule has 0 bridgehead atoms. The molecule has 18 heavy (non-hydrogen) atoms. The first-order chi connectivity index (χ1) is 8.27. The van der Waals surface area contributed by atoms with E-state index in [1.54, 1.807) is 7.11 Å². The molecular formula is C14H22N2O2. The quantitative estimate of drug-likeness (QED) is 0.837. The first-order valence-corrected chi connectivity index (χ1v) is 5.98. The highest BCUT2D eigenvalue weighted by molar-refractivity contribution is 5.79. The minimum atomic E-state index is -0.604. The number of ether oxygens (including phenoxy) is 1. The second-order valence-electron chi connectivity index (χ2n) is 5.29. The third-order valence-electron chi connectivity index (χ3n) is 3.24. The molecule has 0 aliphatic carbocycles. The maximum absolute atomic E-state index is 11.3. The van der Waals surface area contributed by atoms with Crippen LogP contribution in [0.25, 0.3) is 0 Å². The standard InChI is InChI=1S/C14H22N2O2/c1-9-7-10(5-6-12(9)18-4)11(15)8-14(2,3)13(16)17/h5-7,11H,8,15H2,1-4H3,(H2,16,17). The highest BCUT2D eigenvalue weighted by atomic mass is 16.5. The number of amides is 1. The van der Waals surface area contributed by atoms with Gasteiger partial charge in [-0.2, -0.15) is 0 Å². The Labute approximate surface area is 108 Å². The van der Waals surface area contributed by atoms with Crippen molar-refractivity contribution in [3.63, 3.8) is 0 Å². The lowest BCUT2D eigenvalue weighted by atomic mass is 9.83. The van der Waals surface area contributed by atoms with Crippen molar-refractivity contribution in [2.24, 2.45) is 16.9 Å². The Morgan fingerprint density at radius 3 is 2.50 bits per heavy atom. The van der Waals surface area contributed by atoms with Crippen LogP contribution in [0.3, 0.4) is 0 Å². The molecule has 1 aromatic carbocycles. The highest BCUT2D eigenvalue weighted by Gasteiger charge is 2.28. The van der Waals surface area contributed by atoms with Crippen molar-refractivity contribution in [1.82, 2.24) is 0 Å². The number of carbonyl (C=O) groups is 1. The lowest BCUT2D eigenvalue weighted by Crippen LogP contribution is -2.34. The largest absolute Gasteiger partial charge is 0.496 e. The van der Waals surface area contributed by atoms with Gasteiger partial charge < -0.3 is 16.2 Å². The molecule has 4 N–H and O–H groups in total. The Kier molecular flexibility index (Phi) is 4.35. The van der Waals surface area contributed by atoms with Gasteiger partial charge in [0.2, 0.25) is 5.91 Å². The Balaban J connectivity index is 2.88. The zero-order valence-corrected chi connectivity index (χ0v) is 11.5. The van der Waals surface area contributed by atoms with E-state index in [0.29, 0.717) is 6.42 Å². The summed E-state index contributed by atoms with van der Waals surface area (Å²) in [4.78, 5) is 11.3. The molecule has 100 valence electrons. The van der Waals surface area contributed by atoms with Crippen LogP contribution < -0.4 is 16.2 Å². The van der Waals surface area contributed by atoms with Gasteiger partial charge in [0.25, 0.3) is 0 Å². The monoisotopic (exact) mass is 250 g/mol. The van der Waals surface area contributed by atoms with Crippen LogP contribution in [0.15, 0.2) is 18.2 Å². The fourth-order valence-electron chi connectivity index (χ4n) is 1.90. The van der Waals surface area contributed by atoms with Crippen LogP contribution in [0.5, 0.6) is 5.75 Å². The summed E-state index contributed by atoms with van der Waals surface area (Å²) in [5, 5.41) is 0. The smallest absolute Gasteiger partial charge is 0.223 e. The number of carbonyl (C=O) groups excluding carboxylic acids is 1. The first-order valence-electron chi connectivity index (χ1n) is 5.98. The minimum Gasteiger partial charge on any atom is -0.496 e. The molecule has 0 fully saturated rings. The van der Waals surface area contributed by atoms with E-state index < -0.39 is 5.41 Å². The van der Waals surface area contributed by atoms with Crippen LogP contribution in [0.2, 0.25) is 0 Å². The third kappa shape index (κ3) is 3.23. The van der Waals surface area contributed by atoms with Gasteiger partial charge in [-0.05, 0) is 30.5 Å². The summed E-state index contributed by atoms with van der Waals surface area (Å²) in [6.45, 7) is 5.59. The van der Waals surface area contributed by atoms with Crippen molar-refractivity contribution in [3.05, 3.63) is 29.3 Å². The minimum absolute atomic E-state index is 0.211. The summed E-state index contributed by atoms with van der Waals surface area (Å²) < 4.78 is 5.20. The molecule has 1 amide bonds. The van der Waals surface area contributed by atoms with Gasteiger partial charge in [-0.1, -0.05) is 26.0 Å². The molecule has 0 spiro atoms. The lowest BCUT2D eigenvalue weighted by molar-refractivity contribution is -0.126. The SMILES string of the molecule is COc1ccc(C(N)CC(C)(C)C(N)=O)cc1C. The van der Waals surface area contributed by atoms with Gasteiger partial charge in [-0.25, -0.2) is 0 Å². The highest BCUT2D eigenvalue weighted by Crippen LogP contribution is 2.30. The van der Waals surface area contributed by atoms with Crippen molar-refractivity contribution < 1.29 is 9.53 Å². The predicted octanol–water partition coefficient (Wildman–Crippen LogP) is 1.91. The summed E-state index contributed by atoms with van der Waals surface area (Å²) in [5.74, 6) is 0.503. The van der Waals surface area contributed by atoms with Crippen molar-refractivity contribution in [2.45, 2.75) is 33.2 Å². The number of aryl methyl sites for hydroxylation is 1. The zero-order chi connectivity index (χ0) is 13.9. The average Bonchev–Trinajstić information content (AvgIpc) is 2.28. The van der Waals surface area contributed by atoms with Crippen LogP contribution in [0, 0.1) is 12.3 Å². The average molecular weight is 250 g/mol. The Hall–Kier alpha value is -1.55. The molecule has 0 saturated carbocycles. The van der Waals surface area contributed by atoms with Crippen molar-refractivity contribution in [1.29, 1.82) is 0 Å². The maximum atomic E-state index is 11.3. The van der Waals surface area contributed by atoms with Gasteiger partial charge in [0.15, 0.2) is 0 Å². The van der Waals surface area contributed by atoms with E-state index in [-0.39, 0.29) is 11.9 Å². The van der Waals surface area contributed by atoms with Crippen LogP contribution in [0.4, 0.5) is 0 Å². The molecule has 0 saturated heterocycles. The van der Waals surface area contributed by atoms with Crippen molar-refractivity contribution in [3.8, 4) is 5.75 Å². The summed E-state index contributed by atoms with van der Waals surface area (Å²) in [5.41, 5.74) is 12.9. The van der Waals surface area contributed by atoms with E-state index in [1.165, 1.54) is 0 Å². The molecule has 1 aromatic rings. The summed E-state index contributed by atoms with van der Waals surface area (Å²) in [6.07, 6.45) is 0.522. The Morgan fingerprint density at radius 1 is 1.44 bits per heavy atom. The second-order valence-corrected chi connectivity index (χ2v) is 5.29. The molecule has 1 atom stereocenters. The van der Waals surface area contributed by atoms with E-state index in [0.717, 1.165) is 16.9 Å². The Bertz CT molecular complexity index is 441. The molecule has 1 rings (SSSR count). The predicted molar refractivity (Wildman–Crippen MR) is 72.3 cm³/mol. The van der Waals surface area contributed by atoms with Crippen LogP contribution in [-0.2, 0) is 4.79 Å². The molecular weight excluding hydrogens is 228 g/mol. The number of hydrogen-bond donors (Lipinski definition) is 2. The molecule has 4 nitrogen and oxygen atoms in total. The topological polar surface area (TPSA) is 78.3 Å². The number of hydrogen-bond acceptors (Lipinski definition) is 3. The number of primary amides is 1. The van der Waals surface area contributed by atoms with Gasteiger partial charge >= 0.3 is 0 Å². The maximum Gasteiger partial charge on any atom is 0.223 e. The molecule has 1 unspecified atom stereocenters. The first kappa shape index (κ1) is 14.5. The van der Waals surface area contributed by atoms with E-state index in [9.17, 15) is 4.79 Å². The number of benzene rings is 1. The Morgan fingerprint density at radius 2 is 2.06 bits per heavy atom. The van der Waals surface area contributed by atoms with Gasteiger partial charge in [-0.3, -0.25) is 4.79 Å². The molecule has 0 aromatic heterocycles. The zero-order valence-electron chi connectivity index (χ0n) is 11.5. The van der Waals surface area contributed by atoms with Crippen LogP contribution >= 0.6 is 0 Å². The summed E-state index contributed by atoms with van der Waals surface area (Å²) in [7, 11) is 1.64. The third-order valence-corrected chi connectivity index (χ3v) is 3.24. The fraction of sp³-hybridized carbons (Fsp3) is 0.500. The van der Waals surface area contributed by atoms with Crippen LogP contribution in [0.1, 0.15) is 37.4 Å². The number of methoxy groups -OCH3 is 1. The molecule has 4 heteroatoms. The summed E-state index contributed by atoms with van der Waals surface area (Å²) in [6, 6.07) is 5.59. The van der Waals surface area contributed by atoms with E-state index in [1.807, 2.05) is 39.0 Å². The lowest BCUT2D eigenvalue weighted by Gasteiger charge is -2.25. The summed E-state index contributed by atoms with van der Waals surface area (Å²) >= 11 is 0. The number of nitrogens with two attached hydrogens (primary N) is 2. The van der Waals surface area contributed by atoms with Gasteiger partial charge in [0.1, 0.15) is 5.75 Å². The van der Waals surface area contributed by atoms with Crippen molar-refractivity contribution >= 4 is 5.91 Å². The molecule has 0 heterocycles. The fourth-order valence-corrected chi connectivity index (χ4v) is 1.90. The van der Waals surface area contributed by atoms with E-state index in [2.05, 4.69) is 0 Å². The molecule has 0 aliphatic rings. The molecule has 0 radical (unpaired) electrons. The second kappa shape index (κ2) is 5.40. The van der Waals surface area contributed by atoms with E-state index >= 15 is 0 Å². The number of rotatable bonds is 5. The normalized spacial score (nSPS) is 13.2.